The molecule has 0 amide bonds. The van der Waals surface area contributed by atoms with Gasteiger partial charge in [0.2, 0.25) is 0 Å². The van der Waals surface area contributed by atoms with E-state index in [9.17, 15) is 19.3 Å². The standard InChI is InChI=1S/C13H17FN2O4S/c1-3-21-5-4-8(2)15-11-6-9(13(17)18)12(16(19)20)7-10(11)14/h6-8,15H,3-5H2,1-2H3,(H,17,18). The summed E-state index contributed by atoms with van der Waals surface area (Å²) in [4.78, 5) is 20.9. The molecule has 0 aliphatic rings. The summed E-state index contributed by atoms with van der Waals surface area (Å²) < 4.78 is 13.8. The van der Waals surface area contributed by atoms with Crippen LogP contribution in [0.3, 0.4) is 0 Å². The van der Waals surface area contributed by atoms with Gasteiger partial charge in [-0.3, -0.25) is 10.1 Å². The molecule has 0 spiro atoms. The fourth-order valence-electron chi connectivity index (χ4n) is 1.74. The topological polar surface area (TPSA) is 92.5 Å². The first-order valence-corrected chi connectivity index (χ1v) is 7.57. The maximum Gasteiger partial charge on any atom is 0.342 e. The van der Waals surface area contributed by atoms with Gasteiger partial charge in [0, 0.05) is 6.04 Å². The largest absolute Gasteiger partial charge is 0.477 e. The van der Waals surface area contributed by atoms with Crippen molar-refractivity contribution >= 4 is 29.1 Å². The molecule has 0 aliphatic carbocycles. The quantitative estimate of drug-likeness (QED) is 0.434. The van der Waals surface area contributed by atoms with Crippen molar-refractivity contribution in [1.82, 2.24) is 0 Å². The van der Waals surface area contributed by atoms with Crippen LogP contribution >= 0.6 is 11.8 Å². The summed E-state index contributed by atoms with van der Waals surface area (Å²) in [6, 6.07) is 1.54. The molecule has 1 atom stereocenters. The number of nitro groups is 1. The number of thioether (sulfide) groups is 1. The van der Waals surface area contributed by atoms with Crippen LogP contribution in [-0.4, -0.2) is 33.5 Å². The van der Waals surface area contributed by atoms with Crippen molar-refractivity contribution in [3.63, 3.8) is 0 Å². The van der Waals surface area contributed by atoms with E-state index in [1.807, 2.05) is 13.8 Å². The van der Waals surface area contributed by atoms with Crippen LogP contribution in [0.4, 0.5) is 15.8 Å². The van der Waals surface area contributed by atoms with Gasteiger partial charge in [-0.25, -0.2) is 9.18 Å². The number of hydrogen-bond donors (Lipinski definition) is 2. The number of nitrogens with one attached hydrogen (secondary N) is 1. The zero-order valence-electron chi connectivity index (χ0n) is 11.8. The van der Waals surface area contributed by atoms with Crippen molar-refractivity contribution in [2.75, 3.05) is 16.8 Å². The van der Waals surface area contributed by atoms with E-state index in [0.29, 0.717) is 6.07 Å². The molecule has 21 heavy (non-hydrogen) atoms. The van der Waals surface area contributed by atoms with Crippen LogP contribution in [0, 0.1) is 15.9 Å². The minimum atomic E-state index is -1.46. The molecule has 0 fully saturated rings. The van der Waals surface area contributed by atoms with Crippen molar-refractivity contribution in [3.8, 4) is 0 Å². The van der Waals surface area contributed by atoms with Gasteiger partial charge in [0.25, 0.3) is 5.69 Å². The highest BCUT2D eigenvalue weighted by Gasteiger charge is 2.23. The SMILES string of the molecule is CCSCCC(C)Nc1cc(C(=O)O)c([N+](=O)[O-])cc1F. The van der Waals surface area contributed by atoms with Crippen molar-refractivity contribution < 1.29 is 19.2 Å². The maximum absolute atomic E-state index is 13.8. The third-order valence-electron chi connectivity index (χ3n) is 2.81. The fourth-order valence-corrected chi connectivity index (χ4v) is 2.55. The first-order valence-electron chi connectivity index (χ1n) is 6.42. The van der Waals surface area contributed by atoms with Gasteiger partial charge in [-0.1, -0.05) is 6.92 Å². The Labute approximate surface area is 125 Å². The second-order valence-electron chi connectivity index (χ2n) is 4.44. The Morgan fingerprint density at radius 2 is 2.24 bits per heavy atom. The molecular formula is C13H17FN2O4S. The molecule has 0 radical (unpaired) electrons. The number of aromatic carboxylic acids is 1. The average molecular weight is 316 g/mol. The molecule has 0 aliphatic heterocycles. The van der Waals surface area contributed by atoms with E-state index in [4.69, 9.17) is 5.11 Å². The summed E-state index contributed by atoms with van der Waals surface area (Å²) in [5.74, 6) is -0.409. The van der Waals surface area contributed by atoms with Crippen molar-refractivity contribution in [2.45, 2.75) is 26.3 Å². The number of rotatable bonds is 8. The number of halogens is 1. The molecule has 1 rings (SSSR count). The summed E-state index contributed by atoms with van der Waals surface area (Å²) in [6.45, 7) is 3.88. The number of carboxylic acid groups (broad SMARTS) is 1. The van der Waals surface area contributed by atoms with Crippen molar-refractivity contribution in [3.05, 3.63) is 33.6 Å². The lowest BCUT2D eigenvalue weighted by Gasteiger charge is -2.16. The minimum absolute atomic E-state index is 0.0352. The molecule has 1 unspecified atom stereocenters. The Bertz CT molecular complexity index is 539. The van der Waals surface area contributed by atoms with E-state index in [1.165, 1.54) is 0 Å². The Morgan fingerprint density at radius 1 is 1.57 bits per heavy atom. The molecule has 116 valence electrons. The number of benzene rings is 1. The molecule has 1 aromatic rings. The monoisotopic (exact) mass is 316 g/mol. The van der Waals surface area contributed by atoms with Crippen LogP contribution in [0.5, 0.6) is 0 Å². The van der Waals surface area contributed by atoms with Gasteiger partial charge < -0.3 is 10.4 Å². The highest BCUT2D eigenvalue weighted by molar-refractivity contribution is 7.99. The number of carboxylic acids is 1. The maximum atomic E-state index is 13.8. The Balaban J connectivity index is 2.95. The van der Waals surface area contributed by atoms with E-state index in [0.717, 1.165) is 24.0 Å². The number of nitrogens with zero attached hydrogens (tertiary/aromatic N) is 1. The van der Waals surface area contributed by atoms with E-state index in [2.05, 4.69) is 5.32 Å². The minimum Gasteiger partial charge on any atom is -0.477 e. The number of carbonyl (C=O) groups is 1. The lowest BCUT2D eigenvalue weighted by atomic mass is 10.1. The Kier molecular flexibility index (Phi) is 6.41. The zero-order valence-corrected chi connectivity index (χ0v) is 12.6. The van der Waals surface area contributed by atoms with Crippen molar-refractivity contribution in [2.24, 2.45) is 0 Å². The lowest BCUT2D eigenvalue weighted by molar-refractivity contribution is -0.385. The van der Waals surface area contributed by atoms with Crippen LogP contribution < -0.4 is 5.32 Å². The first kappa shape index (κ1) is 17.2. The normalized spacial score (nSPS) is 12.0. The molecule has 6 nitrogen and oxygen atoms in total. The Morgan fingerprint density at radius 3 is 2.76 bits per heavy atom. The first-order chi connectivity index (χ1) is 9.86. The predicted molar refractivity (Wildman–Crippen MR) is 80.7 cm³/mol. The van der Waals surface area contributed by atoms with Crippen LogP contribution in [-0.2, 0) is 0 Å². The Hall–Kier alpha value is -1.83. The average Bonchev–Trinajstić information content (AvgIpc) is 2.40. The summed E-state index contributed by atoms with van der Waals surface area (Å²) in [5, 5.41) is 22.6. The fraction of sp³-hybridized carbons (Fsp3) is 0.462. The molecular weight excluding hydrogens is 299 g/mol. The summed E-state index contributed by atoms with van der Waals surface area (Å²) in [6.07, 6.45) is 0.775. The van der Waals surface area contributed by atoms with Gasteiger partial charge in [-0.15, -0.1) is 0 Å². The van der Waals surface area contributed by atoms with Gasteiger partial charge in [0.05, 0.1) is 16.7 Å². The number of nitro benzene ring substituents is 1. The van der Waals surface area contributed by atoms with Gasteiger partial charge in [-0.05, 0) is 30.9 Å². The summed E-state index contributed by atoms with van der Waals surface area (Å²) in [5.41, 5.74) is -1.31. The second kappa shape index (κ2) is 7.82. The molecule has 2 N–H and O–H groups in total. The number of anilines is 1. The van der Waals surface area contributed by atoms with Gasteiger partial charge >= 0.3 is 5.97 Å². The highest BCUT2D eigenvalue weighted by Crippen LogP contribution is 2.27. The van der Waals surface area contributed by atoms with Gasteiger partial charge in [0.15, 0.2) is 5.82 Å². The molecule has 8 heteroatoms. The number of hydrogen-bond acceptors (Lipinski definition) is 5. The second-order valence-corrected chi connectivity index (χ2v) is 5.84. The molecule has 0 heterocycles. The molecule has 0 aromatic heterocycles. The molecule has 0 saturated carbocycles. The van der Waals surface area contributed by atoms with Crippen LogP contribution in [0.2, 0.25) is 0 Å². The third kappa shape index (κ3) is 4.89. The van der Waals surface area contributed by atoms with E-state index < -0.39 is 28.0 Å². The van der Waals surface area contributed by atoms with Crippen molar-refractivity contribution in [1.29, 1.82) is 0 Å². The summed E-state index contributed by atoms with van der Waals surface area (Å²) in [7, 11) is 0. The van der Waals surface area contributed by atoms with E-state index in [-0.39, 0.29) is 11.7 Å². The lowest BCUT2D eigenvalue weighted by Crippen LogP contribution is -2.18. The highest BCUT2D eigenvalue weighted by atomic mass is 32.2. The van der Waals surface area contributed by atoms with E-state index >= 15 is 0 Å². The van der Waals surface area contributed by atoms with Crippen LogP contribution in [0.25, 0.3) is 0 Å². The molecule has 1 aromatic carbocycles. The summed E-state index contributed by atoms with van der Waals surface area (Å²) >= 11 is 1.75. The van der Waals surface area contributed by atoms with Crippen LogP contribution in [0.1, 0.15) is 30.6 Å². The van der Waals surface area contributed by atoms with E-state index in [1.54, 1.807) is 11.8 Å². The smallest absolute Gasteiger partial charge is 0.342 e. The van der Waals surface area contributed by atoms with Gasteiger partial charge in [-0.2, -0.15) is 11.8 Å². The van der Waals surface area contributed by atoms with Gasteiger partial charge in [0.1, 0.15) is 5.56 Å². The molecule has 0 bridgehead atoms. The zero-order chi connectivity index (χ0) is 16.0. The third-order valence-corrected chi connectivity index (χ3v) is 3.75. The van der Waals surface area contributed by atoms with Crippen LogP contribution in [0.15, 0.2) is 12.1 Å². The molecule has 0 saturated heterocycles. The predicted octanol–water partition coefficient (Wildman–Crippen LogP) is 3.38.